The standard InChI is InChI=1S/C5H6O4.Li.H/c1-3-4(6)9-5(7)8-2;;/h3H,1H2,2H3;;/q;+1;-1. The monoisotopic (exact) mass is 138 g/mol. The van der Waals surface area contributed by atoms with Gasteiger partial charge in [0.15, 0.2) is 0 Å². The second-order valence-corrected chi connectivity index (χ2v) is 1.08. The van der Waals surface area contributed by atoms with E-state index < -0.39 is 12.1 Å². The predicted molar refractivity (Wildman–Crippen MR) is 29.8 cm³/mol. The molecule has 0 saturated carbocycles. The van der Waals surface area contributed by atoms with Crippen molar-refractivity contribution in [3.8, 4) is 0 Å². The molecule has 0 aliphatic heterocycles. The molecule has 0 atom stereocenters. The van der Waals surface area contributed by atoms with Crippen molar-refractivity contribution in [1.29, 1.82) is 0 Å². The van der Waals surface area contributed by atoms with E-state index in [-0.39, 0.29) is 20.3 Å². The summed E-state index contributed by atoms with van der Waals surface area (Å²) in [6.45, 7) is 3.07. The van der Waals surface area contributed by atoms with Gasteiger partial charge in [-0.1, -0.05) is 6.58 Å². The number of carbonyl (C=O) groups excluding carboxylic acids is 2. The minimum atomic E-state index is -1.03. The minimum Gasteiger partial charge on any atom is -1.00 e. The van der Waals surface area contributed by atoms with Crippen molar-refractivity contribution < 1.29 is 39.4 Å². The van der Waals surface area contributed by atoms with Gasteiger partial charge in [-0.2, -0.15) is 0 Å². The van der Waals surface area contributed by atoms with E-state index in [0.717, 1.165) is 13.2 Å². The first-order valence-electron chi connectivity index (χ1n) is 2.13. The zero-order valence-electron chi connectivity index (χ0n) is 6.92. The Balaban J connectivity index is -0.000000320. The molecule has 0 radical (unpaired) electrons. The third kappa shape index (κ3) is 5.41. The summed E-state index contributed by atoms with van der Waals surface area (Å²) >= 11 is 0. The first kappa shape index (κ1) is 12.0. The topological polar surface area (TPSA) is 52.6 Å². The van der Waals surface area contributed by atoms with Crippen molar-refractivity contribution in [3.63, 3.8) is 0 Å². The molecule has 0 aliphatic rings. The van der Waals surface area contributed by atoms with Crippen LogP contribution in [0.4, 0.5) is 4.79 Å². The van der Waals surface area contributed by atoms with Crippen LogP contribution < -0.4 is 18.9 Å². The first-order chi connectivity index (χ1) is 4.20. The Hall–Kier alpha value is -0.723. The van der Waals surface area contributed by atoms with Gasteiger partial charge in [-0.15, -0.1) is 0 Å². The average molecular weight is 138 g/mol. The van der Waals surface area contributed by atoms with Crippen LogP contribution in [0.5, 0.6) is 0 Å². The summed E-state index contributed by atoms with van der Waals surface area (Å²) in [5.74, 6) is -0.818. The smallest absolute Gasteiger partial charge is 1.00 e. The van der Waals surface area contributed by atoms with E-state index in [4.69, 9.17) is 0 Å². The number of hydrogen-bond acceptors (Lipinski definition) is 4. The number of esters is 1. The largest absolute Gasteiger partial charge is 1.00 e. The van der Waals surface area contributed by atoms with Crippen LogP contribution in [0, 0.1) is 0 Å². The van der Waals surface area contributed by atoms with E-state index in [1.165, 1.54) is 0 Å². The summed E-state index contributed by atoms with van der Waals surface area (Å²) < 4.78 is 7.92. The van der Waals surface area contributed by atoms with E-state index in [1.54, 1.807) is 0 Å². The normalized spacial score (nSPS) is 6.90. The first-order valence-corrected chi connectivity index (χ1v) is 2.13. The molecule has 5 heteroatoms. The summed E-state index contributed by atoms with van der Waals surface area (Å²) in [5, 5.41) is 0. The van der Waals surface area contributed by atoms with Crippen molar-refractivity contribution in [3.05, 3.63) is 12.7 Å². The molecule has 0 unspecified atom stereocenters. The quantitative estimate of drug-likeness (QED) is 0.175. The molecule has 0 bridgehead atoms. The van der Waals surface area contributed by atoms with Gasteiger partial charge in [0.05, 0.1) is 7.11 Å². The summed E-state index contributed by atoms with van der Waals surface area (Å²) in [7, 11) is 1.11. The van der Waals surface area contributed by atoms with Crippen LogP contribution >= 0.6 is 0 Å². The van der Waals surface area contributed by atoms with E-state index in [0.29, 0.717) is 0 Å². The third-order valence-corrected chi connectivity index (χ3v) is 0.517. The van der Waals surface area contributed by atoms with Gasteiger partial charge in [-0.25, -0.2) is 9.59 Å². The molecule has 52 valence electrons. The Morgan fingerprint density at radius 3 is 2.40 bits per heavy atom. The fourth-order valence-electron chi connectivity index (χ4n) is 0.165. The molecule has 0 aromatic carbocycles. The van der Waals surface area contributed by atoms with Crippen molar-refractivity contribution >= 4 is 12.1 Å². The molecule has 0 aromatic rings. The molecule has 0 N–H and O–H groups in total. The van der Waals surface area contributed by atoms with E-state index in [9.17, 15) is 9.59 Å². The van der Waals surface area contributed by atoms with Crippen LogP contribution in [0.1, 0.15) is 1.43 Å². The summed E-state index contributed by atoms with van der Waals surface area (Å²) in [6.07, 6.45) is -0.156. The van der Waals surface area contributed by atoms with Crippen LogP contribution in [0.3, 0.4) is 0 Å². The van der Waals surface area contributed by atoms with Gasteiger partial charge in [0.2, 0.25) is 0 Å². The van der Waals surface area contributed by atoms with Gasteiger partial charge in [-0.3, -0.25) is 0 Å². The Morgan fingerprint density at radius 1 is 1.60 bits per heavy atom. The van der Waals surface area contributed by atoms with Gasteiger partial charge in [0.25, 0.3) is 0 Å². The van der Waals surface area contributed by atoms with Crippen LogP contribution in [-0.4, -0.2) is 19.2 Å². The third-order valence-electron chi connectivity index (χ3n) is 0.517. The van der Waals surface area contributed by atoms with E-state index in [1.807, 2.05) is 0 Å². The maximum Gasteiger partial charge on any atom is 1.00 e. The van der Waals surface area contributed by atoms with Crippen LogP contribution in [-0.2, 0) is 14.3 Å². The minimum absolute atomic E-state index is 0. The van der Waals surface area contributed by atoms with Crippen LogP contribution in [0.2, 0.25) is 0 Å². The van der Waals surface area contributed by atoms with Crippen molar-refractivity contribution in [1.82, 2.24) is 0 Å². The summed E-state index contributed by atoms with van der Waals surface area (Å²) in [5.41, 5.74) is 0. The SMILES string of the molecule is C=CC(=O)OC(=O)OC.[H-].[Li+]. The number of hydrogen-bond donors (Lipinski definition) is 0. The summed E-state index contributed by atoms with van der Waals surface area (Å²) in [4.78, 5) is 20.2. The summed E-state index contributed by atoms with van der Waals surface area (Å²) in [6, 6.07) is 0. The number of rotatable bonds is 1. The second-order valence-electron chi connectivity index (χ2n) is 1.08. The predicted octanol–water partition coefficient (Wildman–Crippen LogP) is -2.40. The average Bonchev–Trinajstić information content (AvgIpc) is 1.87. The number of methoxy groups -OCH3 is 1. The van der Waals surface area contributed by atoms with Crippen molar-refractivity contribution in [2.24, 2.45) is 0 Å². The fourth-order valence-corrected chi connectivity index (χ4v) is 0.165. The zero-order chi connectivity index (χ0) is 7.28. The van der Waals surface area contributed by atoms with E-state index >= 15 is 0 Å². The second kappa shape index (κ2) is 6.40. The van der Waals surface area contributed by atoms with E-state index in [2.05, 4.69) is 16.1 Å². The molecule has 10 heavy (non-hydrogen) atoms. The Labute approximate surface area is 71.8 Å². The maximum atomic E-state index is 10.1. The molecule has 4 nitrogen and oxygen atoms in total. The van der Waals surface area contributed by atoms with Gasteiger partial charge in [0, 0.05) is 6.08 Å². The Bertz CT molecular complexity index is 147. The molecule has 0 aromatic heterocycles. The van der Waals surface area contributed by atoms with Crippen molar-refractivity contribution in [2.75, 3.05) is 7.11 Å². The van der Waals surface area contributed by atoms with Crippen molar-refractivity contribution in [2.45, 2.75) is 0 Å². The van der Waals surface area contributed by atoms with Gasteiger partial charge in [0.1, 0.15) is 0 Å². The van der Waals surface area contributed by atoms with Crippen LogP contribution in [0.25, 0.3) is 0 Å². The molecule has 0 heterocycles. The van der Waals surface area contributed by atoms with Gasteiger partial charge >= 0.3 is 31.0 Å². The molecule has 0 aliphatic carbocycles. The van der Waals surface area contributed by atoms with Crippen LogP contribution in [0.15, 0.2) is 12.7 Å². The zero-order valence-corrected chi connectivity index (χ0v) is 5.92. The van der Waals surface area contributed by atoms with Gasteiger partial charge < -0.3 is 10.9 Å². The molecule has 0 spiro atoms. The molecule has 0 rings (SSSR count). The Kier molecular flexibility index (Phi) is 7.68. The fraction of sp³-hybridized carbons (Fsp3) is 0.200. The van der Waals surface area contributed by atoms with Gasteiger partial charge in [-0.05, 0) is 0 Å². The number of ether oxygens (including phenoxy) is 2. The molecule has 0 amide bonds. The maximum absolute atomic E-state index is 10.1. The number of carbonyl (C=O) groups is 2. The molecular formula is C5H7LiO4. The molecular weight excluding hydrogens is 131 g/mol. The molecule has 0 fully saturated rings. The molecule has 0 saturated heterocycles. The Morgan fingerprint density at radius 2 is 2.10 bits per heavy atom.